The van der Waals surface area contributed by atoms with Crippen LogP contribution in [0.1, 0.15) is 490 Å². The number of aryl methyl sites for hydroxylation is 1. The number of benzene rings is 6. The van der Waals surface area contributed by atoms with E-state index in [0.717, 1.165) is 110 Å². The minimum absolute atomic E-state index is 0.541. The van der Waals surface area contributed by atoms with Gasteiger partial charge in [0.25, 0.3) is 0 Å². The molecule has 0 aliphatic rings. The van der Waals surface area contributed by atoms with Crippen LogP contribution in [0, 0.1) is 13.8 Å². The average Bonchev–Trinajstić information content (AvgIpc) is 0.756. The SMILES string of the molecule is CCCCCCCCCCCCCCCCCCOc1cc(C(C)(c2ccc(Cl)cc2)c2ccc(Cl)cc2)cc(OCCCCCCCCCCCCCCCCCC)c1OCCCCCCCCCCCCCCCCCC.CCCCCCCCCCCCCCCCCCOc1cc(C(Cl)(c2ccc(Cl)cc2)c2ccc(Cl)cc2)cc(C)c1C. The first kappa shape index (κ1) is 108. The molecule has 0 aromatic heterocycles. The van der Waals surface area contributed by atoms with Gasteiger partial charge in [-0.15, -0.1) is 11.6 Å². The van der Waals surface area contributed by atoms with Crippen molar-refractivity contribution in [3.8, 4) is 23.0 Å². The van der Waals surface area contributed by atoms with Crippen LogP contribution >= 0.6 is 58.0 Å². The summed E-state index contributed by atoms with van der Waals surface area (Å²) >= 11 is 33.1. The highest BCUT2D eigenvalue weighted by molar-refractivity contribution is 6.32. The van der Waals surface area contributed by atoms with Gasteiger partial charge < -0.3 is 18.9 Å². The van der Waals surface area contributed by atoms with E-state index in [1.807, 2.05) is 72.8 Å². The van der Waals surface area contributed by atoms with Gasteiger partial charge in [-0.25, -0.2) is 0 Å². The molecule has 0 radical (unpaired) electrons. The zero-order valence-electron chi connectivity index (χ0n) is 79.2. The lowest BCUT2D eigenvalue weighted by Crippen LogP contribution is -2.25. The van der Waals surface area contributed by atoms with Crippen LogP contribution in [0.3, 0.4) is 0 Å². The Morgan fingerprint density at radius 1 is 0.213 bits per heavy atom. The van der Waals surface area contributed by atoms with Crippen LogP contribution in [0.15, 0.2) is 121 Å². The highest BCUT2D eigenvalue weighted by Crippen LogP contribution is 2.49. The lowest BCUT2D eigenvalue weighted by Gasteiger charge is -2.33. The van der Waals surface area contributed by atoms with Gasteiger partial charge in [0.05, 0.1) is 26.4 Å². The van der Waals surface area contributed by atoms with Gasteiger partial charge in [-0.05, 0) is 158 Å². The quantitative estimate of drug-likeness (QED) is 0.0217. The smallest absolute Gasteiger partial charge is 0.203 e. The molecule has 0 bridgehead atoms. The van der Waals surface area contributed by atoms with Gasteiger partial charge in [0.2, 0.25) is 5.75 Å². The van der Waals surface area contributed by atoms with Crippen LogP contribution in [-0.4, -0.2) is 26.4 Å². The van der Waals surface area contributed by atoms with Gasteiger partial charge >= 0.3 is 0 Å². The first-order chi connectivity index (χ1) is 59.8. The Bertz CT molecular complexity index is 3270. The summed E-state index contributed by atoms with van der Waals surface area (Å²) in [5.41, 5.74) is 8.06. The molecule has 6 aromatic rings. The van der Waals surface area contributed by atoms with E-state index in [1.165, 1.54) is 385 Å². The second-order valence-electron chi connectivity index (χ2n) is 36.6. The van der Waals surface area contributed by atoms with Crippen molar-refractivity contribution in [1.29, 1.82) is 0 Å². The summed E-state index contributed by atoms with van der Waals surface area (Å²) in [7, 11) is 0. The van der Waals surface area contributed by atoms with E-state index < -0.39 is 10.3 Å². The lowest BCUT2D eigenvalue weighted by atomic mass is 9.71. The summed E-state index contributed by atoms with van der Waals surface area (Å²) in [6, 6.07) is 41.0. The van der Waals surface area contributed by atoms with Crippen molar-refractivity contribution in [1.82, 2.24) is 0 Å². The van der Waals surface area contributed by atoms with E-state index in [-0.39, 0.29) is 0 Å². The number of hydrogen-bond acceptors (Lipinski definition) is 4. The third-order valence-electron chi connectivity index (χ3n) is 26.0. The van der Waals surface area contributed by atoms with Crippen molar-refractivity contribution >= 4 is 58.0 Å². The molecule has 0 N–H and O–H groups in total. The highest BCUT2D eigenvalue weighted by atomic mass is 35.5. The summed E-state index contributed by atoms with van der Waals surface area (Å²) in [6.45, 7) is 18.5. The molecule has 0 unspecified atom stereocenters. The van der Waals surface area contributed by atoms with E-state index in [2.05, 4.69) is 97.0 Å². The second kappa shape index (κ2) is 71.8. The predicted octanol–water partition coefficient (Wildman–Crippen LogP) is 40.0. The Hall–Kier alpha value is -4.03. The van der Waals surface area contributed by atoms with Crippen LogP contribution in [0.2, 0.25) is 20.1 Å². The van der Waals surface area contributed by atoms with Crippen LogP contribution in [0.4, 0.5) is 0 Å². The molecule has 0 fully saturated rings. The Morgan fingerprint density at radius 3 is 0.631 bits per heavy atom. The fourth-order valence-electron chi connectivity index (χ4n) is 17.6. The molecule has 0 spiro atoms. The topological polar surface area (TPSA) is 36.9 Å². The fraction of sp³-hybridized carbons (Fsp3) is 0.681. The molecule has 6 aromatic carbocycles. The third-order valence-corrected chi connectivity index (χ3v) is 27.6. The largest absolute Gasteiger partial charge is 0.493 e. The zero-order valence-corrected chi connectivity index (χ0v) is 82.9. The molecule has 0 heterocycles. The van der Waals surface area contributed by atoms with Crippen LogP contribution in [-0.2, 0) is 10.3 Å². The van der Waals surface area contributed by atoms with Crippen LogP contribution in [0.25, 0.3) is 0 Å². The molecule has 0 saturated heterocycles. The van der Waals surface area contributed by atoms with Gasteiger partial charge in [-0.2, -0.15) is 0 Å². The first-order valence-corrected chi connectivity index (χ1v) is 53.2. The third kappa shape index (κ3) is 47.3. The van der Waals surface area contributed by atoms with Crippen LogP contribution < -0.4 is 18.9 Å². The number of alkyl halides is 1. The van der Waals surface area contributed by atoms with E-state index in [0.29, 0.717) is 29.9 Å². The number of hydrogen-bond donors (Lipinski definition) is 0. The predicted molar refractivity (Wildman–Crippen MR) is 540 cm³/mol. The van der Waals surface area contributed by atoms with Gasteiger partial charge in [-0.3, -0.25) is 0 Å². The molecule has 122 heavy (non-hydrogen) atoms. The van der Waals surface area contributed by atoms with E-state index >= 15 is 0 Å². The number of rotatable bonds is 78. The van der Waals surface area contributed by atoms with E-state index in [1.54, 1.807) is 0 Å². The number of ether oxygens (including phenoxy) is 4. The minimum Gasteiger partial charge on any atom is -0.493 e. The van der Waals surface area contributed by atoms with Crippen molar-refractivity contribution in [2.75, 3.05) is 26.4 Å². The molecule has 4 nitrogen and oxygen atoms in total. The summed E-state index contributed by atoms with van der Waals surface area (Å²) in [5, 5.41) is 2.82. The van der Waals surface area contributed by atoms with Gasteiger partial charge in [0, 0.05) is 25.5 Å². The monoisotopic (exact) mass is 1770 g/mol. The standard InChI is InChI=1S/C74H124Cl2O3.C39H53Cl3O/c1-5-8-11-14-17-20-23-26-29-32-35-38-41-44-47-50-61-77-71-64-68(74(4,66-53-57-69(75)58-54-66)67-55-59-70(76)60-56-67)65-72(78-62-51-48-45-42-39-36-33-30-27-24-21-18-15-12-9-6-2)73(71)79-63-52-49-46-43-40-37-34-31-28-25-22-19-16-13-10-7-3;1-4-5-6-7-8-9-10-11-12-13-14-15-16-17-18-19-28-43-38-30-35(29-31(2)32(38)3)39(42,33-20-24-36(40)25-21-33)34-22-26-37(41)27-23-34/h53-60,64-65H,5-52,61-63H2,1-4H3;20-27,29-30H,4-19,28H2,1-3H3. The van der Waals surface area contributed by atoms with Crippen LogP contribution in [0.5, 0.6) is 23.0 Å². The Labute approximate surface area is 776 Å². The summed E-state index contributed by atoms with van der Waals surface area (Å²) < 4.78 is 27.1. The van der Waals surface area contributed by atoms with Gasteiger partial charge in [0.15, 0.2) is 11.5 Å². The maximum atomic E-state index is 7.58. The Morgan fingerprint density at radius 2 is 0.402 bits per heavy atom. The molecule has 0 atom stereocenters. The Kier molecular flexibility index (Phi) is 63.9. The summed E-state index contributed by atoms with van der Waals surface area (Å²) in [5.74, 6) is 3.27. The zero-order chi connectivity index (χ0) is 87.3. The number of halogens is 5. The molecular formula is C113H177Cl5O4. The Balaban J connectivity index is 0.000000515. The molecule has 0 amide bonds. The molecule has 0 aliphatic heterocycles. The average molecular weight is 1780 g/mol. The molecule has 688 valence electrons. The summed E-state index contributed by atoms with van der Waals surface area (Å²) in [4.78, 5) is -0.903. The molecule has 0 aliphatic carbocycles. The molecule has 6 rings (SSSR count). The van der Waals surface area contributed by atoms with E-state index in [9.17, 15) is 0 Å². The van der Waals surface area contributed by atoms with Crippen molar-refractivity contribution < 1.29 is 18.9 Å². The maximum absolute atomic E-state index is 7.58. The highest BCUT2D eigenvalue weighted by Gasteiger charge is 2.37. The van der Waals surface area contributed by atoms with Gasteiger partial charge in [0.1, 0.15) is 10.6 Å². The van der Waals surface area contributed by atoms with Gasteiger partial charge in [-0.1, -0.05) is 514 Å². The summed E-state index contributed by atoms with van der Waals surface area (Å²) in [6.07, 6.45) is 86.8. The normalized spacial score (nSPS) is 11.7. The molecular weight excluding hydrogens is 1600 g/mol. The van der Waals surface area contributed by atoms with Crippen molar-refractivity contribution in [3.63, 3.8) is 0 Å². The molecule has 9 heteroatoms. The lowest BCUT2D eigenvalue weighted by molar-refractivity contribution is 0.233. The van der Waals surface area contributed by atoms with Crippen molar-refractivity contribution in [2.24, 2.45) is 0 Å². The first-order valence-electron chi connectivity index (χ1n) is 51.3. The molecule has 0 saturated carbocycles. The number of unbranched alkanes of at least 4 members (excludes halogenated alkanes) is 60. The second-order valence-corrected chi connectivity index (χ2v) is 38.9. The minimum atomic E-state index is -0.903. The van der Waals surface area contributed by atoms with Crippen molar-refractivity contribution in [3.05, 3.63) is 186 Å². The van der Waals surface area contributed by atoms with Crippen molar-refractivity contribution in [2.45, 2.75) is 470 Å². The fourth-order valence-corrected chi connectivity index (χ4v) is 18.5. The maximum Gasteiger partial charge on any atom is 0.203 e. The van der Waals surface area contributed by atoms with E-state index in [4.69, 9.17) is 77.0 Å².